The van der Waals surface area contributed by atoms with Gasteiger partial charge >= 0.3 is 0 Å². The molecule has 0 aliphatic carbocycles. The van der Waals surface area contributed by atoms with Crippen molar-refractivity contribution in [2.45, 2.75) is 46.6 Å². The Balaban J connectivity index is 0.00000199. The third-order valence-corrected chi connectivity index (χ3v) is 4.76. The van der Waals surface area contributed by atoms with E-state index in [4.69, 9.17) is 4.74 Å². The second-order valence-corrected chi connectivity index (χ2v) is 7.39. The Morgan fingerprint density at radius 3 is 2.62 bits per heavy atom. The largest absolute Gasteiger partial charge is 0.494 e. The Morgan fingerprint density at radius 1 is 1.26 bits per heavy atom. The van der Waals surface area contributed by atoms with Crippen LogP contribution in [0.1, 0.15) is 51.7 Å². The maximum atomic E-state index is 12.3. The smallest absolute Gasteiger partial charge is 0.203 e. The number of methoxy groups -OCH3 is 1. The molecule has 0 bridgehead atoms. The topological polar surface area (TPSA) is 85.5 Å². The van der Waals surface area contributed by atoms with Crippen LogP contribution in [0.4, 0.5) is 0 Å². The number of nitrogens with zero attached hydrogens (tertiary/aromatic N) is 6. The lowest BCUT2D eigenvalue weighted by atomic mass is 10.1. The summed E-state index contributed by atoms with van der Waals surface area (Å²) in [6, 6.07) is 1.44. The number of aromatic nitrogens is 4. The van der Waals surface area contributed by atoms with Crippen molar-refractivity contribution in [1.82, 2.24) is 24.8 Å². The van der Waals surface area contributed by atoms with Crippen molar-refractivity contribution in [3.63, 3.8) is 0 Å². The van der Waals surface area contributed by atoms with Gasteiger partial charge in [-0.25, -0.2) is 9.97 Å². The lowest BCUT2D eigenvalue weighted by Crippen LogP contribution is -2.24. The molecule has 0 fully saturated rings. The normalized spacial score (nSPS) is 15.3. The molecule has 3 heterocycles. The number of rotatable bonds is 9. The first-order valence-corrected chi connectivity index (χ1v) is 11.5. The van der Waals surface area contributed by atoms with Crippen LogP contribution in [0.25, 0.3) is 5.57 Å². The molecule has 0 spiro atoms. The molecule has 1 aliphatic heterocycles. The van der Waals surface area contributed by atoms with Gasteiger partial charge in [0.1, 0.15) is 11.7 Å². The summed E-state index contributed by atoms with van der Waals surface area (Å²) in [5.74, 6) is 1.12. The van der Waals surface area contributed by atoms with Crippen LogP contribution in [0.2, 0.25) is 0 Å². The highest BCUT2D eigenvalue weighted by Crippen LogP contribution is 2.13. The van der Waals surface area contributed by atoms with E-state index in [9.17, 15) is 4.79 Å². The Labute approximate surface area is 201 Å². The first-order valence-electron chi connectivity index (χ1n) is 11.5. The summed E-state index contributed by atoms with van der Waals surface area (Å²) in [7, 11) is 1.57. The fraction of sp³-hybridized carbons (Fsp3) is 0.346. The fourth-order valence-electron chi connectivity index (χ4n) is 3.01. The Bertz CT molecular complexity index is 1100. The minimum absolute atomic E-state index is 0.0849. The number of hydrogen-bond donors (Lipinski definition) is 0. The van der Waals surface area contributed by atoms with E-state index in [-0.39, 0.29) is 11.5 Å². The summed E-state index contributed by atoms with van der Waals surface area (Å²) in [6.07, 6.45) is 17.8. The summed E-state index contributed by atoms with van der Waals surface area (Å²) in [4.78, 5) is 20.8. The van der Waals surface area contributed by atoms with Crippen molar-refractivity contribution in [1.29, 1.82) is 0 Å². The first-order chi connectivity index (χ1) is 16.5. The highest BCUT2D eigenvalue weighted by Gasteiger charge is 2.12. The molecule has 8 nitrogen and oxygen atoms in total. The van der Waals surface area contributed by atoms with Crippen LogP contribution < -0.4 is 10.2 Å². The lowest BCUT2D eigenvalue weighted by Gasteiger charge is -2.21. The van der Waals surface area contributed by atoms with Crippen molar-refractivity contribution in [3.8, 4) is 5.75 Å². The predicted molar refractivity (Wildman–Crippen MR) is 138 cm³/mol. The van der Waals surface area contributed by atoms with Gasteiger partial charge in [0, 0.05) is 37.0 Å². The summed E-state index contributed by atoms with van der Waals surface area (Å²) >= 11 is 0. The molecule has 3 rings (SSSR count). The van der Waals surface area contributed by atoms with Crippen LogP contribution in [0.5, 0.6) is 5.75 Å². The van der Waals surface area contributed by atoms with Gasteiger partial charge in [-0.1, -0.05) is 51.2 Å². The highest BCUT2D eigenvalue weighted by molar-refractivity contribution is 5.67. The molecule has 8 heteroatoms. The van der Waals surface area contributed by atoms with Crippen molar-refractivity contribution < 1.29 is 4.74 Å². The summed E-state index contributed by atoms with van der Waals surface area (Å²) in [5, 5.41) is 10.9. The van der Waals surface area contributed by atoms with Crippen molar-refractivity contribution >= 4 is 11.8 Å². The standard InChI is InChI=1S/C24H28N6O2.C2H6/c1-5-11-29-12-9-20(15-27-29)30-13-10-23(31)22(28-30)14-18(2)7-6-8-19(3)24-25-16-21(32-4)17-26-24;1-2/h6-10,12-13,15-17,20H,3,5,11,14H2,1-2,4H3;1-2H3/b8-6-,18-7+;. The molecule has 1 atom stereocenters. The predicted octanol–water partition coefficient (Wildman–Crippen LogP) is 4.59. The molecule has 2 aromatic heterocycles. The van der Waals surface area contributed by atoms with E-state index in [0.717, 1.165) is 18.5 Å². The molecule has 0 saturated heterocycles. The molecule has 1 unspecified atom stereocenters. The molecule has 1 aliphatic rings. The molecular formula is C26H34N6O2. The van der Waals surface area contributed by atoms with Gasteiger partial charge in [0.05, 0.1) is 25.7 Å². The minimum Gasteiger partial charge on any atom is -0.494 e. The van der Waals surface area contributed by atoms with E-state index >= 15 is 0 Å². The van der Waals surface area contributed by atoms with E-state index in [1.54, 1.807) is 36.4 Å². The molecular weight excluding hydrogens is 428 g/mol. The van der Waals surface area contributed by atoms with Gasteiger partial charge in [-0.2, -0.15) is 10.2 Å². The third kappa shape index (κ3) is 7.65. The van der Waals surface area contributed by atoms with E-state index < -0.39 is 0 Å². The summed E-state index contributed by atoms with van der Waals surface area (Å²) in [6.45, 7) is 12.9. The van der Waals surface area contributed by atoms with Crippen molar-refractivity contribution in [3.05, 3.63) is 89.1 Å². The number of allylic oxidation sites excluding steroid dienone is 6. The Hall–Kier alpha value is -3.81. The SMILES string of the molecule is C=C(/C=C\C=C(/C)Cc1nn(C2C=CN(CCC)N=C2)ccc1=O)c1ncc(OC)cn1.CC. The molecule has 2 aromatic rings. The van der Waals surface area contributed by atoms with E-state index in [1.165, 1.54) is 0 Å². The maximum absolute atomic E-state index is 12.3. The quantitative estimate of drug-likeness (QED) is 0.507. The van der Waals surface area contributed by atoms with Gasteiger partial charge in [-0.05, 0) is 19.4 Å². The van der Waals surface area contributed by atoms with Crippen LogP contribution in [-0.2, 0) is 6.42 Å². The molecule has 34 heavy (non-hydrogen) atoms. The average molecular weight is 463 g/mol. The summed E-state index contributed by atoms with van der Waals surface area (Å²) in [5.41, 5.74) is 2.08. The molecule has 0 radical (unpaired) electrons. The number of ether oxygens (including phenoxy) is 1. The second kappa shape index (κ2) is 13.7. The second-order valence-electron chi connectivity index (χ2n) is 7.39. The molecule has 0 aromatic carbocycles. The molecule has 0 saturated carbocycles. The molecule has 0 N–H and O–H groups in total. The van der Waals surface area contributed by atoms with Crippen LogP contribution >= 0.6 is 0 Å². The zero-order valence-corrected chi connectivity index (χ0v) is 20.7. The third-order valence-electron chi connectivity index (χ3n) is 4.76. The van der Waals surface area contributed by atoms with Crippen LogP contribution in [0, 0.1) is 0 Å². The van der Waals surface area contributed by atoms with Crippen LogP contribution in [0.3, 0.4) is 0 Å². The number of hydrazone groups is 1. The first kappa shape index (κ1) is 26.4. The molecule has 180 valence electrons. The van der Waals surface area contributed by atoms with Crippen molar-refractivity contribution in [2.75, 3.05) is 13.7 Å². The van der Waals surface area contributed by atoms with Crippen molar-refractivity contribution in [2.24, 2.45) is 5.10 Å². The zero-order chi connectivity index (χ0) is 24.9. The van der Waals surface area contributed by atoms with Gasteiger partial charge < -0.3 is 4.74 Å². The Kier molecular flexibility index (Phi) is 10.6. The van der Waals surface area contributed by atoms with Crippen LogP contribution in [0.15, 0.2) is 77.2 Å². The monoisotopic (exact) mass is 462 g/mol. The maximum Gasteiger partial charge on any atom is 0.203 e. The Morgan fingerprint density at radius 2 is 2.00 bits per heavy atom. The number of hydrogen-bond acceptors (Lipinski definition) is 7. The average Bonchev–Trinajstić information content (AvgIpc) is 2.87. The molecule has 0 amide bonds. The summed E-state index contributed by atoms with van der Waals surface area (Å²) < 4.78 is 6.82. The highest BCUT2D eigenvalue weighted by atomic mass is 16.5. The van der Waals surface area contributed by atoms with Crippen LogP contribution in [-0.4, -0.2) is 44.6 Å². The lowest BCUT2D eigenvalue weighted by molar-refractivity contribution is 0.386. The fourth-order valence-corrected chi connectivity index (χ4v) is 3.01. The van der Waals surface area contributed by atoms with E-state index in [2.05, 4.69) is 33.7 Å². The van der Waals surface area contributed by atoms with Gasteiger partial charge in [-0.15, -0.1) is 0 Å². The van der Waals surface area contributed by atoms with Gasteiger partial charge in [0.15, 0.2) is 11.6 Å². The van der Waals surface area contributed by atoms with Gasteiger partial charge in [0.2, 0.25) is 5.43 Å². The van der Waals surface area contributed by atoms with Gasteiger partial charge in [0.25, 0.3) is 0 Å². The minimum atomic E-state index is -0.112. The van der Waals surface area contributed by atoms with E-state index in [1.807, 2.05) is 62.5 Å². The zero-order valence-electron chi connectivity index (χ0n) is 20.7. The van der Waals surface area contributed by atoms with E-state index in [0.29, 0.717) is 29.3 Å². The van der Waals surface area contributed by atoms with Gasteiger partial charge in [-0.3, -0.25) is 14.5 Å².